The van der Waals surface area contributed by atoms with Gasteiger partial charge < -0.3 is 14.6 Å². The van der Waals surface area contributed by atoms with Crippen LogP contribution in [0.2, 0.25) is 0 Å². The molecule has 0 amide bonds. The van der Waals surface area contributed by atoms with Gasteiger partial charge in [0.15, 0.2) is 18.7 Å². The highest BCUT2D eigenvalue weighted by Gasteiger charge is 2.45. The van der Waals surface area contributed by atoms with Crippen molar-refractivity contribution < 1.29 is 19.0 Å². The van der Waals surface area contributed by atoms with Crippen LogP contribution in [0.15, 0.2) is 21.9 Å². The summed E-state index contributed by atoms with van der Waals surface area (Å²) in [6, 6.07) is 1.01. The second-order valence-corrected chi connectivity index (χ2v) is 3.58. The molecule has 4 atom stereocenters. The van der Waals surface area contributed by atoms with Crippen molar-refractivity contribution in [2.24, 2.45) is 0 Å². The van der Waals surface area contributed by atoms with Gasteiger partial charge in [0.25, 0.3) is 5.56 Å². The molecule has 2 N–H and O–H groups in total. The van der Waals surface area contributed by atoms with E-state index in [9.17, 15) is 23.9 Å². The number of aliphatic hydroxyl groups is 1. The molecule has 0 bridgehead atoms. The van der Waals surface area contributed by atoms with Crippen molar-refractivity contribution in [3.63, 3.8) is 0 Å². The number of ether oxygens (including phenoxy) is 1. The van der Waals surface area contributed by atoms with E-state index in [0.717, 1.165) is 16.8 Å². The molecule has 4 unspecified atom stereocenters. The van der Waals surface area contributed by atoms with Crippen molar-refractivity contribution in [2.75, 3.05) is 0 Å². The highest BCUT2D eigenvalue weighted by molar-refractivity contribution is 5.58. The number of carbonyl (C=O) groups is 1. The smallest absolute Gasteiger partial charge is 0.330 e. The molecule has 0 saturated carbocycles. The van der Waals surface area contributed by atoms with Crippen molar-refractivity contribution in [1.82, 2.24) is 9.55 Å². The average molecular weight is 244 g/mol. The minimum atomic E-state index is -1.92. The van der Waals surface area contributed by atoms with Gasteiger partial charge in [0.05, 0.1) is 0 Å². The van der Waals surface area contributed by atoms with Crippen LogP contribution in [0.5, 0.6) is 0 Å². The van der Waals surface area contributed by atoms with Crippen molar-refractivity contribution in [3.8, 4) is 0 Å². The summed E-state index contributed by atoms with van der Waals surface area (Å²) in [6.45, 7) is 0. The molecule has 1 saturated heterocycles. The van der Waals surface area contributed by atoms with Crippen molar-refractivity contribution >= 4 is 6.29 Å². The first-order valence-electron chi connectivity index (χ1n) is 4.79. The maximum atomic E-state index is 13.6. The van der Waals surface area contributed by atoms with E-state index in [1.807, 2.05) is 4.98 Å². The Morgan fingerprint density at radius 2 is 2.24 bits per heavy atom. The molecule has 2 rings (SSSR count). The molecular formula is C9H9FN2O5. The number of aromatic amines is 1. The molecule has 0 aromatic carbocycles. The molecular weight excluding hydrogens is 235 g/mol. The zero-order valence-electron chi connectivity index (χ0n) is 8.45. The van der Waals surface area contributed by atoms with Crippen LogP contribution in [-0.2, 0) is 9.53 Å². The zero-order chi connectivity index (χ0) is 12.6. The molecule has 1 aliphatic heterocycles. The van der Waals surface area contributed by atoms with E-state index in [0.29, 0.717) is 0 Å². The Labute approximate surface area is 93.5 Å². The monoisotopic (exact) mass is 244 g/mol. The summed E-state index contributed by atoms with van der Waals surface area (Å²) >= 11 is 0. The number of halogens is 1. The number of nitrogens with one attached hydrogen (secondary N) is 1. The molecule has 92 valence electrons. The number of rotatable bonds is 2. The van der Waals surface area contributed by atoms with Crippen LogP contribution in [0.3, 0.4) is 0 Å². The summed E-state index contributed by atoms with van der Waals surface area (Å²) in [6.07, 6.45) is -5.00. The summed E-state index contributed by atoms with van der Waals surface area (Å²) in [5.41, 5.74) is -1.50. The van der Waals surface area contributed by atoms with Gasteiger partial charge in [-0.15, -0.1) is 0 Å². The van der Waals surface area contributed by atoms with E-state index in [2.05, 4.69) is 0 Å². The Bertz CT molecular complexity index is 539. The SMILES string of the molecule is O=CC1OC(n2ccc(=O)[nH]c2=O)C(F)C1O. The lowest BCUT2D eigenvalue weighted by Crippen LogP contribution is -2.35. The van der Waals surface area contributed by atoms with Gasteiger partial charge in [0, 0.05) is 12.3 Å². The van der Waals surface area contributed by atoms with E-state index in [1.54, 1.807) is 0 Å². The molecule has 2 heterocycles. The number of hydrogen-bond acceptors (Lipinski definition) is 5. The van der Waals surface area contributed by atoms with Crippen molar-refractivity contribution in [3.05, 3.63) is 33.1 Å². The van der Waals surface area contributed by atoms with E-state index < -0.39 is 35.9 Å². The minimum absolute atomic E-state index is 0.258. The van der Waals surface area contributed by atoms with Gasteiger partial charge in [0.1, 0.15) is 12.2 Å². The van der Waals surface area contributed by atoms with Gasteiger partial charge in [-0.2, -0.15) is 0 Å². The normalized spacial score (nSPS) is 32.6. The Kier molecular flexibility index (Phi) is 2.90. The van der Waals surface area contributed by atoms with Crippen LogP contribution in [0.4, 0.5) is 4.39 Å². The maximum absolute atomic E-state index is 13.6. The summed E-state index contributed by atoms with van der Waals surface area (Å²) in [7, 11) is 0. The lowest BCUT2D eigenvalue weighted by Gasteiger charge is -2.14. The molecule has 0 aliphatic carbocycles. The summed E-state index contributed by atoms with van der Waals surface area (Å²) in [5, 5.41) is 9.32. The van der Waals surface area contributed by atoms with Crippen LogP contribution >= 0.6 is 0 Å². The summed E-state index contributed by atoms with van der Waals surface area (Å²) in [4.78, 5) is 34.6. The largest absolute Gasteiger partial charge is 0.387 e. The van der Waals surface area contributed by atoms with E-state index in [1.165, 1.54) is 0 Å². The molecule has 8 heteroatoms. The number of carbonyl (C=O) groups excluding carboxylic acids is 1. The van der Waals surface area contributed by atoms with Crippen LogP contribution in [-0.4, -0.2) is 39.3 Å². The average Bonchev–Trinajstić information content (AvgIpc) is 2.57. The van der Waals surface area contributed by atoms with Crippen LogP contribution in [0.1, 0.15) is 6.23 Å². The first-order valence-corrected chi connectivity index (χ1v) is 4.79. The van der Waals surface area contributed by atoms with Gasteiger partial charge >= 0.3 is 5.69 Å². The summed E-state index contributed by atoms with van der Waals surface area (Å²) < 4.78 is 19.3. The van der Waals surface area contributed by atoms with Gasteiger partial charge in [0.2, 0.25) is 0 Å². The number of alkyl halides is 1. The number of aldehydes is 1. The first kappa shape index (κ1) is 11.7. The lowest BCUT2D eigenvalue weighted by molar-refractivity contribution is -0.122. The number of aliphatic hydroxyl groups excluding tert-OH is 1. The number of nitrogens with zero attached hydrogens (tertiary/aromatic N) is 1. The van der Waals surface area contributed by atoms with Crippen LogP contribution in [0.25, 0.3) is 0 Å². The summed E-state index contributed by atoms with van der Waals surface area (Å²) in [5.74, 6) is 0. The number of aromatic nitrogens is 2. The standard InChI is InChI=1S/C9H9FN2O5/c10-6-7(15)4(3-13)17-8(6)12-2-1-5(14)11-9(12)16/h1-4,6-8,15H,(H,11,14,16). The third-order valence-electron chi connectivity index (χ3n) is 2.49. The predicted octanol–water partition coefficient (Wildman–Crippen LogP) is -1.67. The van der Waals surface area contributed by atoms with Crippen LogP contribution < -0.4 is 11.2 Å². The molecule has 1 fully saturated rings. The number of hydrogen-bond donors (Lipinski definition) is 2. The Balaban J connectivity index is 2.38. The van der Waals surface area contributed by atoms with Gasteiger partial charge in [-0.05, 0) is 0 Å². The van der Waals surface area contributed by atoms with Crippen molar-refractivity contribution in [2.45, 2.75) is 24.6 Å². The Morgan fingerprint density at radius 3 is 2.76 bits per heavy atom. The topological polar surface area (TPSA) is 101 Å². The molecule has 1 aromatic rings. The molecule has 1 aliphatic rings. The fourth-order valence-corrected chi connectivity index (χ4v) is 1.63. The maximum Gasteiger partial charge on any atom is 0.330 e. The van der Waals surface area contributed by atoms with E-state index in [4.69, 9.17) is 4.74 Å². The third-order valence-corrected chi connectivity index (χ3v) is 2.49. The van der Waals surface area contributed by atoms with Crippen LogP contribution in [0, 0.1) is 0 Å². The quantitative estimate of drug-likeness (QED) is 0.606. The molecule has 0 spiro atoms. The highest BCUT2D eigenvalue weighted by atomic mass is 19.1. The highest BCUT2D eigenvalue weighted by Crippen LogP contribution is 2.29. The van der Waals surface area contributed by atoms with E-state index in [-0.39, 0.29) is 6.29 Å². The zero-order valence-corrected chi connectivity index (χ0v) is 8.45. The van der Waals surface area contributed by atoms with Gasteiger partial charge in [-0.1, -0.05) is 0 Å². The molecule has 7 nitrogen and oxygen atoms in total. The fraction of sp³-hybridized carbons (Fsp3) is 0.444. The van der Waals surface area contributed by atoms with Gasteiger partial charge in [-0.25, -0.2) is 9.18 Å². The number of H-pyrrole nitrogens is 1. The van der Waals surface area contributed by atoms with E-state index >= 15 is 0 Å². The second kappa shape index (κ2) is 4.22. The molecule has 17 heavy (non-hydrogen) atoms. The van der Waals surface area contributed by atoms with Gasteiger partial charge in [-0.3, -0.25) is 14.3 Å². The first-order chi connectivity index (χ1) is 8.04. The molecule has 0 radical (unpaired) electrons. The molecule has 1 aromatic heterocycles. The minimum Gasteiger partial charge on any atom is -0.387 e. The third kappa shape index (κ3) is 1.92. The van der Waals surface area contributed by atoms with Crippen molar-refractivity contribution in [1.29, 1.82) is 0 Å². The predicted molar refractivity (Wildman–Crippen MR) is 52.2 cm³/mol. The lowest BCUT2D eigenvalue weighted by atomic mass is 10.1. The Hall–Kier alpha value is -1.80. The second-order valence-electron chi connectivity index (χ2n) is 3.58. The fourth-order valence-electron chi connectivity index (χ4n) is 1.63. The Morgan fingerprint density at radius 1 is 1.53 bits per heavy atom.